The van der Waals surface area contributed by atoms with Crippen LogP contribution in [0, 0.1) is 5.82 Å². The number of carbonyl (C=O) groups excluding carboxylic acids is 2. The van der Waals surface area contributed by atoms with E-state index in [1.165, 1.54) is 17.0 Å². The fourth-order valence-corrected chi connectivity index (χ4v) is 1.33. The Kier molecular flexibility index (Phi) is 5.30. The highest BCUT2D eigenvalue weighted by atomic mass is 19.1. The van der Waals surface area contributed by atoms with Gasteiger partial charge in [0, 0.05) is 20.5 Å². The molecule has 0 radical (unpaired) electrons. The van der Waals surface area contributed by atoms with E-state index in [4.69, 9.17) is 0 Å². The van der Waals surface area contributed by atoms with Crippen LogP contribution in [-0.4, -0.2) is 37.4 Å². The number of carbonyl (C=O) groups is 2. The molecule has 5 heteroatoms. The summed E-state index contributed by atoms with van der Waals surface area (Å²) in [6, 6.07) is 6.02. The highest BCUT2D eigenvalue weighted by Gasteiger charge is 2.07. The molecule has 0 bridgehead atoms. The third kappa shape index (κ3) is 4.95. The van der Waals surface area contributed by atoms with Crippen molar-refractivity contribution in [3.63, 3.8) is 0 Å². The summed E-state index contributed by atoms with van der Waals surface area (Å²) in [6.45, 7) is 0.00918. The summed E-state index contributed by atoms with van der Waals surface area (Å²) in [6.07, 6.45) is 0.814. The second-order valence-corrected chi connectivity index (χ2v) is 4.19. The van der Waals surface area contributed by atoms with E-state index in [1.54, 1.807) is 26.2 Å². The summed E-state index contributed by atoms with van der Waals surface area (Å²) in [5, 5.41) is 2.54. The molecule has 0 heterocycles. The number of amides is 2. The van der Waals surface area contributed by atoms with E-state index >= 15 is 0 Å². The number of hydrogen-bond acceptors (Lipinski definition) is 2. The maximum absolute atomic E-state index is 12.6. The zero-order chi connectivity index (χ0) is 13.5. The molecule has 18 heavy (non-hydrogen) atoms. The highest BCUT2D eigenvalue weighted by Crippen LogP contribution is 2.05. The third-order valence-corrected chi connectivity index (χ3v) is 2.49. The van der Waals surface area contributed by atoms with E-state index < -0.39 is 0 Å². The SMILES string of the molecule is CN(C)C(=O)CNC(=O)CCc1ccc(F)cc1. The Hall–Kier alpha value is -1.91. The second kappa shape index (κ2) is 6.74. The van der Waals surface area contributed by atoms with E-state index in [2.05, 4.69) is 5.32 Å². The van der Waals surface area contributed by atoms with E-state index in [9.17, 15) is 14.0 Å². The number of halogens is 1. The molecule has 0 spiro atoms. The molecule has 0 unspecified atom stereocenters. The summed E-state index contributed by atoms with van der Waals surface area (Å²) in [4.78, 5) is 24.1. The van der Waals surface area contributed by atoms with Gasteiger partial charge in [-0.3, -0.25) is 9.59 Å². The number of nitrogens with one attached hydrogen (secondary N) is 1. The molecule has 1 aromatic rings. The molecule has 0 fully saturated rings. The molecule has 0 aromatic heterocycles. The molecule has 0 aliphatic carbocycles. The van der Waals surface area contributed by atoms with Crippen LogP contribution in [0.5, 0.6) is 0 Å². The van der Waals surface area contributed by atoms with Crippen molar-refractivity contribution in [2.75, 3.05) is 20.6 Å². The first-order valence-electron chi connectivity index (χ1n) is 5.70. The normalized spacial score (nSPS) is 9.94. The van der Waals surface area contributed by atoms with Crippen molar-refractivity contribution in [2.24, 2.45) is 0 Å². The first kappa shape index (κ1) is 14.2. The summed E-state index contributed by atoms with van der Waals surface area (Å²) < 4.78 is 12.6. The van der Waals surface area contributed by atoms with E-state index in [0.29, 0.717) is 6.42 Å². The lowest BCUT2D eigenvalue weighted by Crippen LogP contribution is -2.36. The summed E-state index contributed by atoms with van der Waals surface area (Å²) in [5.41, 5.74) is 0.894. The van der Waals surface area contributed by atoms with E-state index in [1.807, 2.05) is 0 Å². The molecule has 1 aromatic carbocycles. The molecule has 98 valence electrons. The van der Waals surface area contributed by atoms with E-state index in [0.717, 1.165) is 5.56 Å². The molecule has 0 saturated carbocycles. The molecule has 0 aliphatic rings. The number of hydrogen-bond donors (Lipinski definition) is 1. The minimum atomic E-state index is -0.292. The van der Waals surface area contributed by atoms with Gasteiger partial charge in [-0.25, -0.2) is 4.39 Å². The number of benzene rings is 1. The first-order chi connectivity index (χ1) is 8.49. The van der Waals surface area contributed by atoms with Gasteiger partial charge in [0.2, 0.25) is 11.8 Å². The van der Waals surface area contributed by atoms with Gasteiger partial charge in [-0.1, -0.05) is 12.1 Å². The number of rotatable bonds is 5. The van der Waals surface area contributed by atoms with Gasteiger partial charge in [0.15, 0.2) is 0 Å². The Bertz CT molecular complexity index is 416. The van der Waals surface area contributed by atoms with Crippen molar-refractivity contribution in [2.45, 2.75) is 12.8 Å². The second-order valence-electron chi connectivity index (χ2n) is 4.19. The van der Waals surface area contributed by atoms with Crippen LogP contribution in [-0.2, 0) is 16.0 Å². The van der Waals surface area contributed by atoms with Crippen molar-refractivity contribution < 1.29 is 14.0 Å². The van der Waals surface area contributed by atoms with Gasteiger partial charge in [0.1, 0.15) is 5.82 Å². The average molecular weight is 252 g/mol. The first-order valence-corrected chi connectivity index (χ1v) is 5.70. The fourth-order valence-electron chi connectivity index (χ4n) is 1.33. The van der Waals surface area contributed by atoms with Crippen LogP contribution in [0.15, 0.2) is 24.3 Å². The van der Waals surface area contributed by atoms with Crippen LogP contribution in [0.25, 0.3) is 0 Å². The van der Waals surface area contributed by atoms with Gasteiger partial charge in [0.05, 0.1) is 6.54 Å². The van der Waals surface area contributed by atoms with Gasteiger partial charge in [-0.2, -0.15) is 0 Å². The molecule has 0 atom stereocenters. The fraction of sp³-hybridized carbons (Fsp3) is 0.385. The van der Waals surface area contributed by atoms with Crippen molar-refractivity contribution in [1.82, 2.24) is 10.2 Å². The van der Waals surface area contributed by atoms with E-state index in [-0.39, 0.29) is 30.6 Å². The number of aryl methyl sites for hydroxylation is 1. The molecule has 2 amide bonds. The highest BCUT2D eigenvalue weighted by molar-refractivity contribution is 5.84. The maximum atomic E-state index is 12.6. The Morgan fingerprint density at radius 3 is 2.39 bits per heavy atom. The summed E-state index contributed by atoms with van der Waals surface area (Å²) in [5.74, 6) is -0.626. The van der Waals surface area contributed by atoms with Crippen LogP contribution < -0.4 is 5.32 Å². The summed E-state index contributed by atoms with van der Waals surface area (Å²) >= 11 is 0. The van der Waals surface area contributed by atoms with Crippen molar-refractivity contribution in [3.8, 4) is 0 Å². The Balaban J connectivity index is 2.29. The third-order valence-electron chi connectivity index (χ3n) is 2.49. The zero-order valence-corrected chi connectivity index (χ0v) is 10.6. The smallest absolute Gasteiger partial charge is 0.241 e. The van der Waals surface area contributed by atoms with Crippen LogP contribution in [0.2, 0.25) is 0 Å². The Morgan fingerprint density at radius 1 is 1.22 bits per heavy atom. The standard InChI is InChI=1S/C13H17FN2O2/c1-16(2)13(18)9-15-12(17)8-5-10-3-6-11(14)7-4-10/h3-4,6-7H,5,8-9H2,1-2H3,(H,15,17). The maximum Gasteiger partial charge on any atom is 0.241 e. The van der Waals surface area contributed by atoms with Crippen LogP contribution in [0.3, 0.4) is 0 Å². The minimum Gasteiger partial charge on any atom is -0.347 e. The van der Waals surface area contributed by atoms with Crippen LogP contribution in [0.1, 0.15) is 12.0 Å². The van der Waals surface area contributed by atoms with Gasteiger partial charge < -0.3 is 10.2 Å². The van der Waals surface area contributed by atoms with Gasteiger partial charge >= 0.3 is 0 Å². The largest absolute Gasteiger partial charge is 0.347 e. The lowest BCUT2D eigenvalue weighted by molar-refractivity contribution is -0.130. The van der Waals surface area contributed by atoms with Crippen molar-refractivity contribution in [3.05, 3.63) is 35.6 Å². The molecule has 1 rings (SSSR count). The average Bonchev–Trinajstić information content (AvgIpc) is 2.35. The monoisotopic (exact) mass is 252 g/mol. The number of likely N-dealkylation sites (N-methyl/N-ethyl adjacent to an activating group) is 1. The van der Waals surface area contributed by atoms with Gasteiger partial charge in [0.25, 0.3) is 0 Å². The molecule has 4 nitrogen and oxygen atoms in total. The van der Waals surface area contributed by atoms with Crippen molar-refractivity contribution in [1.29, 1.82) is 0 Å². The molecule has 0 aliphatic heterocycles. The molecule has 1 N–H and O–H groups in total. The van der Waals surface area contributed by atoms with Crippen LogP contribution in [0.4, 0.5) is 4.39 Å². The van der Waals surface area contributed by atoms with Gasteiger partial charge in [-0.05, 0) is 24.1 Å². The summed E-state index contributed by atoms with van der Waals surface area (Å²) in [7, 11) is 3.26. The molecule has 0 saturated heterocycles. The lowest BCUT2D eigenvalue weighted by atomic mass is 10.1. The quantitative estimate of drug-likeness (QED) is 0.848. The Morgan fingerprint density at radius 2 is 1.83 bits per heavy atom. The van der Waals surface area contributed by atoms with Crippen molar-refractivity contribution >= 4 is 11.8 Å². The molecular formula is C13H17FN2O2. The minimum absolute atomic E-state index is 0.00918. The Labute approximate surface area is 106 Å². The number of nitrogens with zero attached hydrogens (tertiary/aromatic N) is 1. The van der Waals surface area contributed by atoms with Crippen LogP contribution >= 0.6 is 0 Å². The lowest BCUT2D eigenvalue weighted by Gasteiger charge is -2.10. The molecular weight excluding hydrogens is 235 g/mol. The van der Waals surface area contributed by atoms with Gasteiger partial charge in [-0.15, -0.1) is 0 Å². The predicted molar refractivity (Wildman–Crippen MR) is 66.4 cm³/mol. The predicted octanol–water partition coefficient (Wildman–Crippen LogP) is 0.963. The topological polar surface area (TPSA) is 49.4 Å². The zero-order valence-electron chi connectivity index (χ0n) is 10.6.